The first kappa shape index (κ1) is 18.6. The van der Waals surface area contributed by atoms with Crippen molar-refractivity contribution in [1.29, 1.82) is 0 Å². The van der Waals surface area contributed by atoms with Crippen LogP contribution < -0.4 is 0 Å². The van der Waals surface area contributed by atoms with Gasteiger partial charge in [0.1, 0.15) is 0 Å². The molecule has 0 saturated carbocycles. The lowest BCUT2D eigenvalue weighted by molar-refractivity contribution is -0.144. The van der Waals surface area contributed by atoms with Gasteiger partial charge in [-0.15, -0.1) is 6.58 Å². The first-order valence-electron chi connectivity index (χ1n) is 7.67. The van der Waals surface area contributed by atoms with E-state index in [0.29, 0.717) is 11.8 Å². The van der Waals surface area contributed by atoms with Gasteiger partial charge in [-0.1, -0.05) is 56.0 Å². The summed E-state index contributed by atoms with van der Waals surface area (Å²) < 4.78 is 4.80. The number of carbonyl (C=O) groups is 1. The maximum atomic E-state index is 11.6. The van der Waals surface area contributed by atoms with Crippen LogP contribution in [0.4, 0.5) is 0 Å². The summed E-state index contributed by atoms with van der Waals surface area (Å²) in [6, 6.07) is 10.3. The number of benzene rings is 1. The topological polar surface area (TPSA) is 26.3 Å². The molecule has 3 heteroatoms. The van der Waals surface area contributed by atoms with Gasteiger partial charge in [0.05, 0.1) is 13.0 Å². The molecule has 0 saturated heterocycles. The zero-order chi connectivity index (χ0) is 16.4. The molecule has 1 rings (SSSR count). The number of rotatable bonds is 9. The Morgan fingerprint density at radius 3 is 2.50 bits per heavy atom. The number of ether oxygens (including phenoxy) is 1. The highest BCUT2D eigenvalue weighted by Gasteiger charge is 2.18. The Morgan fingerprint density at radius 1 is 1.27 bits per heavy atom. The average Bonchev–Trinajstić information content (AvgIpc) is 2.54. The highest BCUT2D eigenvalue weighted by molar-refractivity contribution is 8.02. The molecule has 0 spiro atoms. The fourth-order valence-corrected chi connectivity index (χ4v) is 2.98. The van der Waals surface area contributed by atoms with Crippen molar-refractivity contribution in [2.24, 2.45) is 17.8 Å². The maximum Gasteiger partial charge on any atom is 0.312 e. The Labute approximate surface area is 138 Å². The maximum absolute atomic E-state index is 11.6. The van der Waals surface area contributed by atoms with Gasteiger partial charge < -0.3 is 4.74 Å². The molecule has 0 heterocycles. The summed E-state index contributed by atoms with van der Waals surface area (Å²) >= 11 is 1.72. The SMILES string of the molecule is C=CC(CC[C@H](/C=C/Sc1ccccc1)C(C)C)C(=O)OC. The van der Waals surface area contributed by atoms with Gasteiger partial charge in [0.2, 0.25) is 0 Å². The summed E-state index contributed by atoms with van der Waals surface area (Å²) in [7, 11) is 1.43. The van der Waals surface area contributed by atoms with Gasteiger partial charge in [0.25, 0.3) is 0 Å². The average molecular weight is 318 g/mol. The van der Waals surface area contributed by atoms with E-state index < -0.39 is 0 Å². The molecule has 0 aliphatic rings. The Bertz CT molecular complexity index is 479. The van der Waals surface area contributed by atoms with Crippen molar-refractivity contribution in [1.82, 2.24) is 0 Å². The van der Waals surface area contributed by atoms with E-state index in [-0.39, 0.29) is 11.9 Å². The van der Waals surface area contributed by atoms with E-state index in [1.165, 1.54) is 12.0 Å². The van der Waals surface area contributed by atoms with E-state index in [9.17, 15) is 4.79 Å². The number of hydrogen-bond donors (Lipinski definition) is 0. The van der Waals surface area contributed by atoms with Gasteiger partial charge in [-0.2, -0.15) is 0 Å². The highest BCUT2D eigenvalue weighted by atomic mass is 32.2. The second-order valence-corrected chi connectivity index (χ2v) is 6.59. The zero-order valence-electron chi connectivity index (χ0n) is 13.7. The highest BCUT2D eigenvalue weighted by Crippen LogP contribution is 2.25. The Morgan fingerprint density at radius 2 is 1.95 bits per heavy atom. The van der Waals surface area contributed by atoms with Gasteiger partial charge in [0.15, 0.2) is 0 Å². The molecule has 1 unspecified atom stereocenters. The van der Waals surface area contributed by atoms with Crippen LogP contribution in [-0.2, 0) is 9.53 Å². The summed E-state index contributed by atoms with van der Waals surface area (Å²) in [6.45, 7) is 8.15. The van der Waals surface area contributed by atoms with Crippen LogP contribution in [0, 0.1) is 17.8 Å². The minimum absolute atomic E-state index is 0.194. The van der Waals surface area contributed by atoms with Gasteiger partial charge in [0, 0.05) is 4.90 Å². The third-order valence-corrected chi connectivity index (χ3v) is 4.57. The minimum Gasteiger partial charge on any atom is -0.469 e. The standard InChI is InChI=1S/C19H26O2S/c1-5-16(19(20)21-4)11-12-17(15(2)3)13-14-22-18-9-7-6-8-10-18/h5-10,13-17H,1,11-12H2,2-4H3/b14-13+/t16?,17-/m1/s1. The fourth-order valence-electron chi connectivity index (χ4n) is 2.22. The van der Waals surface area contributed by atoms with E-state index in [4.69, 9.17) is 4.74 Å². The summed E-state index contributed by atoms with van der Waals surface area (Å²) in [5, 5.41) is 2.15. The quantitative estimate of drug-likeness (QED) is 0.350. The van der Waals surface area contributed by atoms with Crippen LogP contribution in [0.15, 0.2) is 59.4 Å². The molecule has 120 valence electrons. The van der Waals surface area contributed by atoms with E-state index in [0.717, 1.165) is 12.8 Å². The molecular weight excluding hydrogens is 292 g/mol. The second kappa shape index (κ2) is 10.3. The molecule has 0 aromatic heterocycles. The predicted octanol–water partition coefficient (Wildman–Crippen LogP) is 5.32. The molecule has 1 aromatic carbocycles. The van der Waals surface area contributed by atoms with Crippen molar-refractivity contribution >= 4 is 17.7 Å². The molecule has 0 fully saturated rings. The largest absolute Gasteiger partial charge is 0.469 e. The third-order valence-electron chi connectivity index (χ3n) is 3.73. The van der Waals surface area contributed by atoms with Crippen molar-refractivity contribution in [2.45, 2.75) is 31.6 Å². The van der Waals surface area contributed by atoms with Crippen molar-refractivity contribution in [2.75, 3.05) is 7.11 Å². The summed E-state index contributed by atoms with van der Waals surface area (Å²) in [4.78, 5) is 12.8. The molecule has 0 radical (unpaired) electrons. The monoisotopic (exact) mass is 318 g/mol. The minimum atomic E-state index is -0.207. The van der Waals surface area contributed by atoms with E-state index >= 15 is 0 Å². The molecule has 0 N–H and O–H groups in total. The van der Waals surface area contributed by atoms with Crippen LogP contribution in [0.25, 0.3) is 0 Å². The lowest BCUT2D eigenvalue weighted by Crippen LogP contribution is -2.16. The van der Waals surface area contributed by atoms with Crippen molar-refractivity contribution in [3.8, 4) is 0 Å². The number of carbonyl (C=O) groups excluding carboxylic acids is 1. The molecule has 1 aromatic rings. The molecule has 0 bridgehead atoms. The van der Waals surface area contributed by atoms with Crippen molar-refractivity contribution < 1.29 is 9.53 Å². The summed E-state index contributed by atoms with van der Waals surface area (Å²) in [5.41, 5.74) is 0. The lowest BCUT2D eigenvalue weighted by Gasteiger charge is -2.19. The first-order valence-corrected chi connectivity index (χ1v) is 8.55. The van der Waals surface area contributed by atoms with Gasteiger partial charge in [-0.25, -0.2) is 0 Å². The summed E-state index contributed by atoms with van der Waals surface area (Å²) in [6.07, 6.45) is 5.67. The molecule has 22 heavy (non-hydrogen) atoms. The fraction of sp³-hybridized carbons (Fsp3) is 0.421. The Kier molecular flexibility index (Phi) is 8.68. The summed E-state index contributed by atoms with van der Waals surface area (Å²) in [5.74, 6) is 0.584. The normalized spacial score (nSPS) is 14.0. The number of esters is 1. The van der Waals surface area contributed by atoms with Crippen LogP contribution in [0.3, 0.4) is 0 Å². The van der Waals surface area contributed by atoms with E-state index in [1.54, 1.807) is 17.8 Å². The lowest BCUT2D eigenvalue weighted by atomic mass is 9.88. The van der Waals surface area contributed by atoms with E-state index in [2.05, 4.69) is 44.0 Å². The van der Waals surface area contributed by atoms with Crippen LogP contribution in [-0.4, -0.2) is 13.1 Å². The smallest absolute Gasteiger partial charge is 0.312 e. The number of thioether (sulfide) groups is 1. The zero-order valence-corrected chi connectivity index (χ0v) is 14.5. The van der Waals surface area contributed by atoms with Gasteiger partial charge >= 0.3 is 5.97 Å². The molecule has 0 amide bonds. The number of methoxy groups -OCH3 is 1. The van der Waals surface area contributed by atoms with Crippen LogP contribution in [0.1, 0.15) is 26.7 Å². The Balaban J connectivity index is 2.54. The molecule has 0 aliphatic carbocycles. The molecule has 0 aliphatic heterocycles. The number of allylic oxidation sites excluding steroid dienone is 1. The van der Waals surface area contributed by atoms with Gasteiger partial charge in [-0.05, 0) is 42.2 Å². The number of hydrogen-bond acceptors (Lipinski definition) is 3. The van der Waals surface area contributed by atoms with Crippen molar-refractivity contribution in [3.05, 3.63) is 54.5 Å². The van der Waals surface area contributed by atoms with Crippen LogP contribution >= 0.6 is 11.8 Å². The second-order valence-electron chi connectivity index (χ2n) is 5.61. The van der Waals surface area contributed by atoms with Crippen LogP contribution in [0.2, 0.25) is 0 Å². The van der Waals surface area contributed by atoms with Gasteiger partial charge in [-0.3, -0.25) is 4.79 Å². The van der Waals surface area contributed by atoms with E-state index in [1.807, 2.05) is 18.2 Å². The molecule has 2 atom stereocenters. The predicted molar refractivity (Wildman–Crippen MR) is 94.7 cm³/mol. The van der Waals surface area contributed by atoms with Crippen LogP contribution in [0.5, 0.6) is 0 Å². The first-order chi connectivity index (χ1) is 10.6. The molecular formula is C19H26O2S. The Hall–Kier alpha value is -1.48. The molecule has 2 nitrogen and oxygen atoms in total. The van der Waals surface area contributed by atoms with Crippen molar-refractivity contribution in [3.63, 3.8) is 0 Å². The third kappa shape index (κ3) is 6.52.